The first-order valence-electron chi connectivity index (χ1n) is 6.44. The summed E-state index contributed by atoms with van der Waals surface area (Å²) >= 11 is 5.18. The van der Waals surface area contributed by atoms with Gasteiger partial charge in [0.05, 0.1) is 11.1 Å². The zero-order chi connectivity index (χ0) is 15.3. The highest BCUT2D eigenvalue weighted by Gasteiger charge is 2.36. The second kappa shape index (κ2) is 6.22. The van der Waals surface area contributed by atoms with E-state index in [1.165, 1.54) is 0 Å². The van der Waals surface area contributed by atoms with Crippen molar-refractivity contribution in [1.82, 2.24) is 0 Å². The number of nitrogens with two attached hydrogens (primary N) is 1. The van der Waals surface area contributed by atoms with E-state index in [0.29, 0.717) is 6.42 Å². The van der Waals surface area contributed by atoms with Crippen LogP contribution < -0.4 is 5.73 Å². The van der Waals surface area contributed by atoms with Crippen molar-refractivity contribution in [2.24, 2.45) is 5.73 Å². The lowest BCUT2D eigenvalue weighted by atomic mass is 9.76. The van der Waals surface area contributed by atoms with Crippen LogP contribution in [0.4, 0.5) is 0 Å². The highest BCUT2D eigenvalue weighted by molar-refractivity contribution is 7.80. The van der Waals surface area contributed by atoms with Gasteiger partial charge in [0.15, 0.2) is 0 Å². The predicted octanol–water partition coefficient (Wildman–Crippen LogP) is 2.96. The van der Waals surface area contributed by atoms with Crippen LogP contribution in [-0.2, 0) is 11.8 Å². The van der Waals surface area contributed by atoms with Crippen LogP contribution in [-0.4, -0.2) is 4.99 Å². The van der Waals surface area contributed by atoms with E-state index in [1.54, 1.807) is 0 Å². The maximum atomic E-state index is 9.71. The van der Waals surface area contributed by atoms with Crippen molar-refractivity contribution in [3.05, 3.63) is 71.3 Å². The number of hydrogen-bond donors (Lipinski definition) is 1. The largest absolute Gasteiger partial charge is 0.392 e. The number of nitriles is 1. The van der Waals surface area contributed by atoms with Gasteiger partial charge in [0.1, 0.15) is 5.41 Å². The molecular formula is C18H14N2S. The van der Waals surface area contributed by atoms with E-state index in [-0.39, 0.29) is 4.99 Å². The molecule has 0 aliphatic heterocycles. The molecule has 0 fully saturated rings. The first-order chi connectivity index (χ1) is 10.1. The molecular weight excluding hydrogens is 276 g/mol. The number of hydrogen-bond acceptors (Lipinski definition) is 2. The third kappa shape index (κ3) is 2.94. The molecule has 3 heteroatoms. The van der Waals surface area contributed by atoms with Crippen LogP contribution in [0.1, 0.15) is 16.7 Å². The van der Waals surface area contributed by atoms with Gasteiger partial charge in [-0.2, -0.15) is 5.26 Å². The zero-order valence-electron chi connectivity index (χ0n) is 11.4. The third-order valence-electron chi connectivity index (χ3n) is 3.47. The summed E-state index contributed by atoms with van der Waals surface area (Å²) in [6, 6.07) is 19.2. The van der Waals surface area contributed by atoms with Crippen LogP contribution in [0, 0.1) is 23.7 Å². The van der Waals surface area contributed by atoms with Gasteiger partial charge in [-0.15, -0.1) is 6.42 Å². The fourth-order valence-electron chi connectivity index (χ4n) is 2.24. The van der Waals surface area contributed by atoms with Crippen LogP contribution in [0.3, 0.4) is 0 Å². The zero-order valence-corrected chi connectivity index (χ0v) is 12.2. The minimum Gasteiger partial charge on any atom is -0.392 e. The molecule has 2 N–H and O–H groups in total. The molecule has 0 aliphatic rings. The number of terminal acetylenes is 1. The van der Waals surface area contributed by atoms with Gasteiger partial charge in [0.25, 0.3) is 0 Å². The Morgan fingerprint density at radius 1 is 1.14 bits per heavy atom. The maximum absolute atomic E-state index is 9.71. The molecule has 2 rings (SSSR count). The summed E-state index contributed by atoms with van der Waals surface area (Å²) in [5, 5.41) is 9.71. The monoisotopic (exact) mass is 290 g/mol. The van der Waals surface area contributed by atoms with E-state index in [4.69, 9.17) is 24.4 Å². The number of rotatable bonds is 4. The minimum atomic E-state index is -1.01. The normalized spacial score (nSPS) is 12.7. The Morgan fingerprint density at radius 2 is 1.76 bits per heavy atom. The second-order valence-corrected chi connectivity index (χ2v) is 5.21. The lowest BCUT2D eigenvalue weighted by Crippen LogP contribution is -2.40. The molecule has 0 amide bonds. The van der Waals surface area contributed by atoms with E-state index in [1.807, 2.05) is 54.6 Å². The molecule has 2 aromatic rings. The fourth-order valence-corrected chi connectivity index (χ4v) is 2.47. The molecule has 0 aliphatic carbocycles. The highest BCUT2D eigenvalue weighted by Crippen LogP contribution is 2.28. The Balaban J connectivity index is 2.45. The standard InChI is InChI=1S/C18H14N2S/c1-2-14-8-10-15(11-9-14)12-18(13-19,17(20)21)16-6-4-3-5-7-16/h1,3-11H,12H2,(H2,20,21). The van der Waals surface area contributed by atoms with Crippen molar-refractivity contribution >= 4 is 17.2 Å². The van der Waals surface area contributed by atoms with Crippen molar-refractivity contribution < 1.29 is 0 Å². The summed E-state index contributed by atoms with van der Waals surface area (Å²) in [5.74, 6) is 2.57. The Bertz CT molecular complexity index is 721. The SMILES string of the molecule is C#Cc1ccc(CC(C#N)(C(N)=S)c2ccccc2)cc1. The van der Waals surface area contributed by atoms with E-state index in [9.17, 15) is 5.26 Å². The van der Waals surface area contributed by atoms with E-state index >= 15 is 0 Å². The molecule has 0 saturated carbocycles. The minimum absolute atomic E-state index is 0.178. The Morgan fingerprint density at radius 3 is 2.24 bits per heavy atom. The first-order valence-corrected chi connectivity index (χ1v) is 6.85. The van der Waals surface area contributed by atoms with Crippen LogP contribution in [0.5, 0.6) is 0 Å². The fraction of sp³-hybridized carbons (Fsp3) is 0.111. The number of benzene rings is 2. The second-order valence-electron chi connectivity index (χ2n) is 4.77. The average Bonchev–Trinajstić information content (AvgIpc) is 2.54. The van der Waals surface area contributed by atoms with Crippen LogP contribution in [0.15, 0.2) is 54.6 Å². The maximum Gasteiger partial charge on any atom is 0.136 e. The van der Waals surface area contributed by atoms with Gasteiger partial charge >= 0.3 is 0 Å². The predicted molar refractivity (Wildman–Crippen MR) is 88.6 cm³/mol. The molecule has 2 nitrogen and oxygen atoms in total. The molecule has 102 valence electrons. The molecule has 0 spiro atoms. The summed E-state index contributed by atoms with van der Waals surface area (Å²) in [6.45, 7) is 0. The van der Waals surface area contributed by atoms with Crippen LogP contribution in [0.25, 0.3) is 0 Å². The number of nitrogens with zero attached hydrogens (tertiary/aromatic N) is 1. The lowest BCUT2D eigenvalue weighted by Gasteiger charge is -2.26. The highest BCUT2D eigenvalue weighted by atomic mass is 32.1. The van der Waals surface area contributed by atoms with Crippen molar-refractivity contribution in [3.63, 3.8) is 0 Å². The van der Waals surface area contributed by atoms with E-state index in [2.05, 4.69) is 12.0 Å². The van der Waals surface area contributed by atoms with Gasteiger partial charge in [-0.1, -0.05) is 60.6 Å². The van der Waals surface area contributed by atoms with Crippen molar-refractivity contribution in [3.8, 4) is 18.4 Å². The quantitative estimate of drug-likeness (QED) is 0.695. The van der Waals surface area contributed by atoms with E-state index < -0.39 is 5.41 Å². The summed E-state index contributed by atoms with van der Waals surface area (Å²) < 4.78 is 0. The average molecular weight is 290 g/mol. The summed E-state index contributed by atoms with van der Waals surface area (Å²) in [7, 11) is 0. The summed E-state index contributed by atoms with van der Waals surface area (Å²) in [5.41, 5.74) is 7.46. The molecule has 1 unspecified atom stereocenters. The number of thiocarbonyl (C=S) groups is 1. The first kappa shape index (κ1) is 14.8. The smallest absolute Gasteiger partial charge is 0.136 e. The Kier molecular flexibility index (Phi) is 4.38. The van der Waals surface area contributed by atoms with Crippen molar-refractivity contribution in [2.45, 2.75) is 11.8 Å². The molecule has 21 heavy (non-hydrogen) atoms. The van der Waals surface area contributed by atoms with Gasteiger partial charge in [-0.25, -0.2) is 0 Å². The Hall–Kier alpha value is -2.62. The molecule has 1 atom stereocenters. The molecule has 0 radical (unpaired) electrons. The molecule has 0 saturated heterocycles. The molecule has 2 aromatic carbocycles. The Labute approximate surface area is 130 Å². The molecule has 0 aromatic heterocycles. The lowest BCUT2D eigenvalue weighted by molar-refractivity contribution is 0.726. The van der Waals surface area contributed by atoms with Crippen molar-refractivity contribution in [1.29, 1.82) is 5.26 Å². The topological polar surface area (TPSA) is 49.8 Å². The van der Waals surface area contributed by atoms with Gasteiger partial charge in [0, 0.05) is 12.0 Å². The van der Waals surface area contributed by atoms with Crippen molar-refractivity contribution in [2.75, 3.05) is 0 Å². The third-order valence-corrected chi connectivity index (χ3v) is 3.82. The van der Waals surface area contributed by atoms with Gasteiger partial charge in [-0.3, -0.25) is 0 Å². The summed E-state index contributed by atoms with van der Waals surface area (Å²) in [4.78, 5) is 0.178. The molecule has 0 bridgehead atoms. The van der Waals surface area contributed by atoms with Gasteiger partial charge in [0.2, 0.25) is 0 Å². The molecule has 0 heterocycles. The van der Waals surface area contributed by atoms with E-state index in [0.717, 1.165) is 16.7 Å². The summed E-state index contributed by atoms with van der Waals surface area (Å²) in [6.07, 6.45) is 5.77. The van der Waals surface area contributed by atoms with Gasteiger partial charge < -0.3 is 5.73 Å². The van der Waals surface area contributed by atoms with Crippen LogP contribution >= 0.6 is 12.2 Å². The van der Waals surface area contributed by atoms with Crippen LogP contribution in [0.2, 0.25) is 0 Å². The van der Waals surface area contributed by atoms with Gasteiger partial charge in [-0.05, 0) is 23.3 Å².